The zero-order chi connectivity index (χ0) is 18.8. The molecule has 1 fully saturated rings. The van der Waals surface area contributed by atoms with Crippen molar-refractivity contribution in [2.75, 3.05) is 32.1 Å². The molecule has 3 N–H and O–H groups in total. The van der Waals surface area contributed by atoms with Crippen LogP contribution in [0.2, 0.25) is 0 Å². The van der Waals surface area contributed by atoms with E-state index in [4.69, 9.17) is 4.74 Å². The van der Waals surface area contributed by atoms with Crippen LogP contribution in [0.5, 0.6) is 5.75 Å². The molecule has 142 valence electrons. The van der Waals surface area contributed by atoms with Crippen LogP contribution >= 0.6 is 0 Å². The van der Waals surface area contributed by atoms with Crippen LogP contribution in [-0.2, 0) is 0 Å². The van der Waals surface area contributed by atoms with Crippen LogP contribution in [-0.4, -0.2) is 46.3 Å². The van der Waals surface area contributed by atoms with E-state index < -0.39 is 0 Å². The van der Waals surface area contributed by atoms with Crippen molar-refractivity contribution in [2.45, 2.75) is 19.4 Å². The number of H-pyrrole nitrogens is 1. The van der Waals surface area contributed by atoms with Crippen LogP contribution < -0.4 is 21.1 Å². The third-order valence-electron chi connectivity index (χ3n) is 5.14. The van der Waals surface area contributed by atoms with Gasteiger partial charge in [0.05, 0.1) is 19.3 Å². The first-order chi connectivity index (χ1) is 13.2. The second-order valence-electron chi connectivity index (χ2n) is 6.89. The largest absolute Gasteiger partial charge is 0.496 e. The zero-order valence-electron chi connectivity index (χ0n) is 15.5. The van der Waals surface area contributed by atoms with Crippen LogP contribution in [0.4, 0.5) is 5.95 Å². The summed E-state index contributed by atoms with van der Waals surface area (Å²) in [6.07, 6.45) is 2.80. The van der Waals surface area contributed by atoms with Gasteiger partial charge in [-0.2, -0.15) is 4.98 Å². The Morgan fingerprint density at radius 1 is 1.41 bits per heavy atom. The predicted octanol–water partition coefficient (Wildman–Crippen LogP) is 1.76. The van der Waals surface area contributed by atoms with Crippen LogP contribution in [0.15, 0.2) is 35.3 Å². The summed E-state index contributed by atoms with van der Waals surface area (Å²) in [4.78, 5) is 24.4. The molecule has 2 aromatic heterocycles. The summed E-state index contributed by atoms with van der Waals surface area (Å²) < 4.78 is 7.11. The Balaban J connectivity index is 1.68. The molecule has 2 atom stereocenters. The average Bonchev–Trinajstić information content (AvgIpc) is 3.32. The highest BCUT2D eigenvalue weighted by Crippen LogP contribution is 2.28. The number of imidazole rings is 1. The monoisotopic (exact) mass is 368 g/mol. The van der Waals surface area contributed by atoms with E-state index in [0.29, 0.717) is 23.0 Å². The Morgan fingerprint density at radius 3 is 3.04 bits per heavy atom. The topological polar surface area (TPSA) is 96.9 Å². The number of benzene rings is 1. The number of hydrogen-bond donors (Lipinski definition) is 3. The number of para-hydroxylation sites is 1. The van der Waals surface area contributed by atoms with Crippen molar-refractivity contribution in [3.05, 3.63) is 46.5 Å². The van der Waals surface area contributed by atoms with Crippen LogP contribution in [0.1, 0.15) is 24.9 Å². The average molecular weight is 368 g/mol. The summed E-state index contributed by atoms with van der Waals surface area (Å²) in [5, 5.41) is 6.65. The molecule has 8 heteroatoms. The smallest absolute Gasteiger partial charge is 0.328 e. The maximum absolute atomic E-state index is 12.6. The molecule has 3 aromatic rings. The zero-order valence-corrected chi connectivity index (χ0v) is 15.5. The number of aromatic nitrogens is 4. The number of anilines is 1. The van der Waals surface area contributed by atoms with Gasteiger partial charge in [-0.3, -0.25) is 4.57 Å². The summed E-state index contributed by atoms with van der Waals surface area (Å²) in [5.41, 5.74) is 1.92. The third-order valence-corrected chi connectivity index (χ3v) is 5.14. The van der Waals surface area contributed by atoms with Crippen molar-refractivity contribution in [3.8, 4) is 5.75 Å². The van der Waals surface area contributed by atoms with Crippen LogP contribution in [0, 0.1) is 5.92 Å². The summed E-state index contributed by atoms with van der Waals surface area (Å²) >= 11 is 0. The number of hydrogen-bond acceptors (Lipinski definition) is 6. The van der Waals surface area contributed by atoms with Crippen molar-refractivity contribution in [2.24, 2.45) is 5.92 Å². The second kappa shape index (κ2) is 7.40. The highest BCUT2D eigenvalue weighted by atomic mass is 16.5. The first-order valence-corrected chi connectivity index (χ1v) is 9.22. The molecule has 3 heterocycles. The summed E-state index contributed by atoms with van der Waals surface area (Å²) in [6.45, 7) is 4.84. The number of methoxy groups -OCH3 is 1. The summed E-state index contributed by atoms with van der Waals surface area (Å²) in [6, 6.07) is 7.47. The van der Waals surface area contributed by atoms with E-state index in [-0.39, 0.29) is 11.7 Å². The molecule has 0 amide bonds. The maximum Gasteiger partial charge on any atom is 0.328 e. The van der Waals surface area contributed by atoms with Gasteiger partial charge in [-0.25, -0.2) is 9.78 Å². The first kappa shape index (κ1) is 17.5. The number of ether oxygens (including phenoxy) is 1. The van der Waals surface area contributed by atoms with E-state index in [1.54, 1.807) is 17.9 Å². The Labute approximate surface area is 157 Å². The van der Waals surface area contributed by atoms with E-state index in [1.807, 2.05) is 31.2 Å². The molecular formula is C19H24N6O2. The molecule has 0 unspecified atom stereocenters. The van der Waals surface area contributed by atoms with Gasteiger partial charge < -0.3 is 20.4 Å². The molecule has 1 saturated heterocycles. The molecule has 0 radical (unpaired) electrons. The number of aromatic amines is 1. The van der Waals surface area contributed by atoms with Gasteiger partial charge >= 0.3 is 5.69 Å². The molecule has 0 aliphatic carbocycles. The molecule has 0 saturated carbocycles. The predicted molar refractivity (Wildman–Crippen MR) is 104 cm³/mol. The lowest BCUT2D eigenvalue weighted by atomic mass is 10.1. The quantitative estimate of drug-likeness (QED) is 0.613. The minimum Gasteiger partial charge on any atom is -0.496 e. The van der Waals surface area contributed by atoms with Gasteiger partial charge in [0.1, 0.15) is 11.3 Å². The molecule has 27 heavy (non-hydrogen) atoms. The molecule has 1 aliphatic heterocycles. The Kier molecular flexibility index (Phi) is 4.81. The molecular weight excluding hydrogens is 344 g/mol. The maximum atomic E-state index is 12.6. The van der Waals surface area contributed by atoms with Gasteiger partial charge in [-0.05, 0) is 38.4 Å². The fourth-order valence-corrected chi connectivity index (χ4v) is 3.64. The standard InChI is InChI=1S/C19H24N6O2/c1-12(14-5-3-4-6-16(14)27-2)25-17-15(23-19(25)26)11-22-18(24-17)21-10-13-7-8-20-9-13/h3-6,11-13,20H,7-10H2,1-2H3,(H,23,26)(H,21,22,24)/t12-,13-/m1/s1. The Bertz CT molecular complexity index is 989. The van der Waals surface area contributed by atoms with E-state index in [0.717, 1.165) is 37.4 Å². The fourth-order valence-electron chi connectivity index (χ4n) is 3.64. The Hall–Kier alpha value is -2.87. The van der Waals surface area contributed by atoms with Gasteiger partial charge in [-0.15, -0.1) is 0 Å². The minimum atomic E-state index is -0.232. The third kappa shape index (κ3) is 3.40. The normalized spacial score (nSPS) is 17.9. The second-order valence-corrected chi connectivity index (χ2v) is 6.89. The fraction of sp³-hybridized carbons (Fsp3) is 0.421. The molecule has 0 bridgehead atoms. The lowest BCUT2D eigenvalue weighted by Crippen LogP contribution is -2.22. The lowest BCUT2D eigenvalue weighted by molar-refractivity contribution is 0.403. The first-order valence-electron chi connectivity index (χ1n) is 9.22. The van der Waals surface area contributed by atoms with Crippen molar-refractivity contribution in [1.29, 1.82) is 0 Å². The summed E-state index contributed by atoms with van der Waals surface area (Å²) in [5.74, 6) is 1.85. The number of rotatable bonds is 6. The van der Waals surface area contributed by atoms with Gasteiger partial charge in [-0.1, -0.05) is 18.2 Å². The van der Waals surface area contributed by atoms with Crippen molar-refractivity contribution in [1.82, 2.24) is 24.8 Å². The minimum absolute atomic E-state index is 0.213. The van der Waals surface area contributed by atoms with Gasteiger partial charge in [0.15, 0.2) is 5.65 Å². The molecule has 1 aromatic carbocycles. The molecule has 4 rings (SSSR count). The van der Waals surface area contributed by atoms with Crippen LogP contribution in [0.25, 0.3) is 11.2 Å². The SMILES string of the molecule is COc1ccccc1[C@@H](C)n1c(=O)[nH]c2cnc(NC[C@@H]3CCNC3)nc21. The Morgan fingerprint density at radius 2 is 2.26 bits per heavy atom. The summed E-state index contributed by atoms with van der Waals surface area (Å²) in [7, 11) is 1.63. The van der Waals surface area contributed by atoms with E-state index in [2.05, 4.69) is 25.6 Å². The van der Waals surface area contributed by atoms with Crippen molar-refractivity contribution < 1.29 is 4.74 Å². The highest BCUT2D eigenvalue weighted by molar-refractivity contribution is 5.71. The number of fused-ring (bicyclic) bond motifs is 1. The van der Waals surface area contributed by atoms with Gasteiger partial charge in [0.2, 0.25) is 5.95 Å². The van der Waals surface area contributed by atoms with E-state index >= 15 is 0 Å². The van der Waals surface area contributed by atoms with Crippen LogP contribution in [0.3, 0.4) is 0 Å². The van der Waals surface area contributed by atoms with E-state index in [9.17, 15) is 4.79 Å². The lowest BCUT2D eigenvalue weighted by Gasteiger charge is -2.17. The molecule has 0 spiro atoms. The van der Waals surface area contributed by atoms with Crippen molar-refractivity contribution in [3.63, 3.8) is 0 Å². The van der Waals surface area contributed by atoms with Gasteiger partial charge in [0.25, 0.3) is 0 Å². The molecule has 1 aliphatic rings. The number of nitrogens with one attached hydrogen (secondary N) is 3. The highest BCUT2D eigenvalue weighted by Gasteiger charge is 2.20. The number of nitrogens with zero attached hydrogens (tertiary/aromatic N) is 3. The van der Waals surface area contributed by atoms with E-state index in [1.165, 1.54) is 0 Å². The molecule has 8 nitrogen and oxygen atoms in total. The van der Waals surface area contributed by atoms with Crippen molar-refractivity contribution >= 4 is 17.1 Å². The van der Waals surface area contributed by atoms with Gasteiger partial charge in [0, 0.05) is 12.1 Å².